The number of nitrogens with one attached hydrogen (secondary N) is 1. The lowest BCUT2D eigenvalue weighted by Gasteiger charge is -2.22. The predicted molar refractivity (Wildman–Crippen MR) is 125 cm³/mol. The van der Waals surface area contributed by atoms with E-state index in [2.05, 4.69) is 4.72 Å². The molecule has 0 aliphatic rings. The summed E-state index contributed by atoms with van der Waals surface area (Å²) in [5.41, 5.74) is 3.67. The van der Waals surface area contributed by atoms with Gasteiger partial charge in [0.1, 0.15) is 0 Å². The Morgan fingerprint density at radius 3 is 1.97 bits per heavy atom. The van der Waals surface area contributed by atoms with Crippen LogP contribution >= 0.6 is 0 Å². The highest BCUT2D eigenvalue weighted by molar-refractivity contribution is 7.89. The van der Waals surface area contributed by atoms with Gasteiger partial charge in [-0.2, -0.15) is 4.72 Å². The zero-order valence-electron chi connectivity index (χ0n) is 18.0. The molecule has 3 aromatic carbocycles. The summed E-state index contributed by atoms with van der Waals surface area (Å²) in [5, 5.41) is 0. The van der Waals surface area contributed by atoms with Gasteiger partial charge in [0.05, 0.1) is 10.9 Å². The van der Waals surface area contributed by atoms with E-state index in [1.54, 1.807) is 42.5 Å². The quantitative estimate of drug-likeness (QED) is 0.375. The fraction of sp³-hybridized carbons (Fsp3) is 0.192. The van der Waals surface area contributed by atoms with Gasteiger partial charge in [0.25, 0.3) is 0 Å². The first-order chi connectivity index (χ1) is 14.8. The normalized spacial score (nSPS) is 13.1. The van der Waals surface area contributed by atoms with E-state index in [1.165, 1.54) is 0 Å². The summed E-state index contributed by atoms with van der Waals surface area (Å²) in [6, 6.07) is 22.4. The van der Waals surface area contributed by atoms with Crippen LogP contribution < -0.4 is 4.72 Å². The van der Waals surface area contributed by atoms with E-state index in [0.717, 1.165) is 11.1 Å². The van der Waals surface area contributed by atoms with Gasteiger partial charge in [0.2, 0.25) is 10.0 Å². The van der Waals surface area contributed by atoms with Crippen molar-refractivity contribution in [3.8, 4) is 0 Å². The van der Waals surface area contributed by atoms with Crippen molar-refractivity contribution < 1.29 is 13.2 Å². The molecule has 0 bridgehead atoms. The Morgan fingerprint density at radius 1 is 0.871 bits per heavy atom. The molecule has 0 amide bonds. The second-order valence-corrected chi connectivity index (χ2v) is 9.25. The van der Waals surface area contributed by atoms with E-state index >= 15 is 0 Å². The zero-order valence-corrected chi connectivity index (χ0v) is 18.8. The SMILES string of the molecule is CC/C=C(\C(=O)c1ccc(C)cc1)C(NS(=O)(=O)c1ccc(C)cc1)c1ccccc1. The average molecular weight is 434 g/mol. The number of carbonyl (C=O) groups is 1. The minimum absolute atomic E-state index is 0.165. The fourth-order valence-corrected chi connectivity index (χ4v) is 4.53. The lowest BCUT2D eigenvalue weighted by molar-refractivity contribution is 0.102. The predicted octanol–water partition coefficient (Wildman–Crippen LogP) is 5.54. The number of Topliss-reactive ketones (excluding diaryl/α,β-unsaturated/α-hetero) is 1. The number of aryl methyl sites for hydroxylation is 2. The van der Waals surface area contributed by atoms with Gasteiger partial charge in [-0.15, -0.1) is 0 Å². The third-order valence-corrected chi connectivity index (χ3v) is 6.49. The number of hydrogen-bond donors (Lipinski definition) is 1. The maximum absolute atomic E-state index is 13.4. The smallest absolute Gasteiger partial charge is 0.241 e. The van der Waals surface area contributed by atoms with Crippen LogP contribution in [0.1, 0.15) is 46.4 Å². The number of hydrogen-bond acceptors (Lipinski definition) is 3. The summed E-state index contributed by atoms with van der Waals surface area (Å²) in [6.07, 6.45) is 2.40. The van der Waals surface area contributed by atoms with Gasteiger partial charge < -0.3 is 0 Å². The first-order valence-corrected chi connectivity index (χ1v) is 11.8. The van der Waals surface area contributed by atoms with Gasteiger partial charge in [-0.25, -0.2) is 8.42 Å². The molecule has 3 rings (SSSR count). The van der Waals surface area contributed by atoms with Crippen molar-refractivity contribution in [2.45, 2.75) is 38.1 Å². The third kappa shape index (κ3) is 5.57. The Labute approximate surface area is 184 Å². The van der Waals surface area contributed by atoms with Crippen molar-refractivity contribution in [3.05, 3.63) is 113 Å². The summed E-state index contributed by atoms with van der Waals surface area (Å²) in [5.74, 6) is -0.192. The van der Waals surface area contributed by atoms with Crippen LogP contribution in [0, 0.1) is 13.8 Å². The molecule has 0 aromatic heterocycles. The topological polar surface area (TPSA) is 63.2 Å². The lowest BCUT2D eigenvalue weighted by atomic mass is 9.92. The second kappa shape index (κ2) is 9.86. The summed E-state index contributed by atoms with van der Waals surface area (Å²) < 4.78 is 29.2. The van der Waals surface area contributed by atoms with Gasteiger partial charge >= 0.3 is 0 Å². The maximum Gasteiger partial charge on any atom is 0.241 e. The summed E-state index contributed by atoms with van der Waals surface area (Å²) >= 11 is 0. The average Bonchev–Trinajstić information content (AvgIpc) is 2.77. The van der Waals surface area contributed by atoms with E-state index in [0.29, 0.717) is 23.1 Å². The van der Waals surface area contributed by atoms with E-state index in [-0.39, 0.29) is 10.7 Å². The standard InChI is InChI=1S/C26H27NO3S/c1-4-8-24(26(28)22-15-11-19(2)12-16-22)25(21-9-6-5-7-10-21)27-31(29,30)23-17-13-20(3)14-18-23/h5-18,25,27H,4H2,1-3H3/b24-8-. The molecular formula is C26H27NO3S. The van der Waals surface area contributed by atoms with Crippen LogP contribution in [0.4, 0.5) is 0 Å². The summed E-state index contributed by atoms with van der Waals surface area (Å²) in [7, 11) is -3.85. The zero-order chi connectivity index (χ0) is 22.4. The Morgan fingerprint density at radius 2 is 1.42 bits per heavy atom. The second-order valence-electron chi connectivity index (χ2n) is 7.54. The van der Waals surface area contributed by atoms with Gasteiger partial charge in [0, 0.05) is 11.1 Å². The molecular weight excluding hydrogens is 406 g/mol. The number of benzene rings is 3. The molecule has 1 atom stereocenters. The van der Waals surface area contributed by atoms with Crippen LogP contribution in [0.25, 0.3) is 0 Å². The molecule has 160 valence electrons. The Bertz CT molecular complexity index is 1160. The van der Waals surface area contributed by atoms with E-state index in [4.69, 9.17) is 0 Å². The third-order valence-electron chi connectivity index (χ3n) is 5.05. The van der Waals surface area contributed by atoms with Crippen molar-refractivity contribution in [1.29, 1.82) is 0 Å². The van der Waals surface area contributed by atoms with Gasteiger partial charge in [-0.1, -0.05) is 90.9 Å². The van der Waals surface area contributed by atoms with Gasteiger partial charge in [-0.05, 0) is 38.0 Å². The Hall–Kier alpha value is -3.02. The molecule has 1 N–H and O–H groups in total. The lowest BCUT2D eigenvalue weighted by Crippen LogP contribution is -2.32. The van der Waals surface area contributed by atoms with E-state index < -0.39 is 16.1 Å². The molecule has 0 aliphatic heterocycles. The van der Waals surface area contributed by atoms with Crippen LogP contribution in [0.15, 0.2) is 95.4 Å². The molecule has 5 heteroatoms. The van der Waals surface area contributed by atoms with Crippen molar-refractivity contribution in [2.75, 3.05) is 0 Å². The summed E-state index contributed by atoms with van der Waals surface area (Å²) in [4.78, 5) is 13.6. The Kier molecular flexibility index (Phi) is 7.21. The molecule has 0 fully saturated rings. The van der Waals surface area contributed by atoms with Crippen molar-refractivity contribution in [2.24, 2.45) is 0 Å². The molecule has 3 aromatic rings. The number of carbonyl (C=O) groups excluding carboxylic acids is 1. The van der Waals surface area contributed by atoms with E-state index in [9.17, 15) is 13.2 Å². The van der Waals surface area contributed by atoms with Crippen LogP contribution in [-0.4, -0.2) is 14.2 Å². The minimum Gasteiger partial charge on any atom is -0.289 e. The highest BCUT2D eigenvalue weighted by Gasteiger charge is 2.28. The van der Waals surface area contributed by atoms with Crippen LogP contribution in [0.2, 0.25) is 0 Å². The molecule has 0 radical (unpaired) electrons. The first kappa shape index (κ1) is 22.7. The Balaban J connectivity index is 2.06. The highest BCUT2D eigenvalue weighted by Crippen LogP contribution is 2.28. The van der Waals surface area contributed by atoms with Crippen LogP contribution in [-0.2, 0) is 10.0 Å². The minimum atomic E-state index is -3.85. The molecule has 1 unspecified atom stereocenters. The van der Waals surface area contributed by atoms with Crippen molar-refractivity contribution in [1.82, 2.24) is 4.72 Å². The molecule has 0 heterocycles. The monoisotopic (exact) mass is 433 g/mol. The van der Waals surface area contributed by atoms with Crippen LogP contribution in [0.3, 0.4) is 0 Å². The highest BCUT2D eigenvalue weighted by atomic mass is 32.2. The number of allylic oxidation sites excluding steroid dienone is 1. The number of sulfonamides is 1. The molecule has 0 aliphatic carbocycles. The number of ketones is 1. The number of rotatable bonds is 8. The molecule has 0 spiro atoms. The van der Waals surface area contributed by atoms with Gasteiger partial charge in [0.15, 0.2) is 5.78 Å². The molecule has 4 nitrogen and oxygen atoms in total. The maximum atomic E-state index is 13.4. The van der Waals surface area contributed by atoms with Gasteiger partial charge in [-0.3, -0.25) is 4.79 Å². The van der Waals surface area contributed by atoms with Crippen molar-refractivity contribution >= 4 is 15.8 Å². The van der Waals surface area contributed by atoms with Crippen molar-refractivity contribution in [3.63, 3.8) is 0 Å². The molecule has 0 saturated heterocycles. The summed E-state index contributed by atoms with van der Waals surface area (Å²) in [6.45, 7) is 5.79. The largest absolute Gasteiger partial charge is 0.289 e. The molecule has 0 saturated carbocycles. The molecule has 31 heavy (non-hydrogen) atoms. The fourth-order valence-electron chi connectivity index (χ4n) is 3.33. The van der Waals surface area contributed by atoms with Crippen LogP contribution in [0.5, 0.6) is 0 Å². The van der Waals surface area contributed by atoms with E-state index in [1.807, 2.05) is 63.2 Å². The first-order valence-electron chi connectivity index (χ1n) is 10.3.